The highest BCUT2D eigenvalue weighted by Gasteiger charge is 2.34. The SMILES string of the molecule is CNc1nc(N)c(C(=O)N(C)CC2CC2C)s1. The second kappa shape index (κ2) is 4.52. The van der Waals surface area contributed by atoms with E-state index < -0.39 is 0 Å². The van der Waals surface area contributed by atoms with E-state index in [0.717, 1.165) is 12.5 Å². The maximum Gasteiger partial charge on any atom is 0.267 e. The normalized spacial score (nSPS) is 22.3. The number of nitrogen functional groups attached to an aromatic ring is 1. The Hall–Kier alpha value is -1.30. The van der Waals surface area contributed by atoms with Gasteiger partial charge < -0.3 is 16.0 Å². The zero-order chi connectivity index (χ0) is 12.6. The van der Waals surface area contributed by atoms with Gasteiger partial charge in [-0.05, 0) is 18.3 Å². The van der Waals surface area contributed by atoms with Crippen molar-refractivity contribution in [1.29, 1.82) is 0 Å². The summed E-state index contributed by atoms with van der Waals surface area (Å²) in [6.07, 6.45) is 1.22. The highest BCUT2D eigenvalue weighted by Crippen LogP contribution is 2.38. The van der Waals surface area contributed by atoms with Gasteiger partial charge in [0.05, 0.1) is 0 Å². The van der Waals surface area contributed by atoms with Crippen molar-refractivity contribution in [3.63, 3.8) is 0 Å². The van der Waals surface area contributed by atoms with Crippen LogP contribution < -0.4 is 11.1 Å². The summed E-state index contributed by atoms with van der Waals surface area (Å²) in [6, 6.07) is 0. The average molecular weight is 254 g/mol. The molecule has 0 aromatic carbocycles. The van der Waals surface area contributed by atoms with Gasteiger partial charge >= 0.3 is 0 Å². The van der Waals surface area contributed by atoms with E-state index in [4.69, 9.17) is 5.73 Å². The number of nitrogens with two attached hydrogens (primary N) is 1. The fourth-order valence-corrected chi connectivity index (χ4v) is 2.69. The number of thiazole rings is 1. The molecule has 2 rings (SSSR count). The third kappa shape index (κ3) is 2.52. The zero-order valence-electron chi connectivity index (χ0n) is 10.4. The summed E-state index contributed by atoms with van der Waals surface area (Å²) < 4.78 is 0. The van der Waals surface area contributed by atoms with Gasteiger partial charge in [-0.1, -0.05) is 18.3 Å². The molecule has 1 fully saturated rings. The van der Waals surface area contributed by atoms with E-state index in [2.05, 4.69) is 17.2 Å². The molecule has 1 aliphatic rings. The Bertz CT molecular complexity index is 431. The Morgan fingerprint density at radius 3 is 2.82 bits per heavy atom. The van der Waals surface area contributed by atoms with Gasteiger partial charge in [-0.15, -0.1) is 0 Å². The van der Waals surface area contributed by atoms with Crippen LogP contribution in [-0.4, -0.2) is 36.4 Å². The van der Waals surface area contributed by atoms with E-state index in [0.29, 0.717) is 21.7 Å². The lowest BCUT2D eigenvalue weighted by Crippen LogP contribution is -2.29. The van der Waals surface area contributed by atoms with Crippen LogP contribution in [0.2, 0.25) is 0 Å². The number of hydrogen-bond donors (Lipinski definition) is 2. The third-order valence-corrected chi connectivity index (χ3v) is 4.27. The molecule has 1 amide bonds. The number of amides is 1. The lowest BCUT2D eigenvalue weighted by atomic mass is 10.3. The molecule has 5 nitrogen and oxygen atoms in total. The molecule has 6 heteroatoms. The van der Waals surface area contributed by atoms with Crippen LogP contribution in [0.3, 0.4) is 0 Å². The molecule has 1 heterocycles. The second-order valence-corrected chi connectivity index (χ2v) is 5.64. The Balaban J connectivity index is 2.04. The molecule has 94 valence electrons. The Morgan fingerprint density at radius 2 is 2.35 bits per heavy atom. The summed E-state index contributed by atoms with van der Waals surface area (Å²) in [7, 11) is 3.59. The summed E-state index contributed by atoms with van der Waals surface area (Å²) in [5.41, 5.74) is 5.74. The van der Waals surface area contributed by atoms with Crippen molar-refractivity contribution in [3.8, 4) is 0 Å². The minimum absolute atomic E-state index is 0.0272. The monoisotopic (exact) mass is 254 g/mol. The maximum atomic E-state index is 12.2. The van der Waals surface area contributed by atoms with Crippen molar-refractivity contribution in [2.24, 2.45) is 11.8 Å². The first-order valence-electron chi connectivity index (χ1n) is 5.72. The summed E-state index contributed by atoms with van der Waals surface area (Å²) in [6.45, 7) is 3.02. The Labute approximate surface area is 105 Å². The van der Waals surface area contributed by atoms with Gasteiger partial charge in [0.1, 0.15) is 10.7 Å². The van der Waals surface area contributed by atoms with Crippen molar-refractivity contribution >= 4 is 28.2 Å². The summed E-state index contributed by atoms with van der Waals surface area (Å²) in [4.78, 5) is 18.5. The number of carbonyl (C=O) groups is 1. The molecule has 1 aromatic rings. The highest BCUT2D eigenvalue weighted by molar-refractivity contribution is 7.18. The van der Waals surface area contributed by atoms with Crippen LogP contribution in [-0.2, 0) is 0 Å². The number of rotatable bonds is 4. The molecule has 1 aliphatic carbocycles. The van der Waals surface area contributed by atoms with E-state index in [-0.39, 0.29) is 5.91 Å². The Kier molecular flexibility index (Phi) is 3.24. The van der Waals surface area contributed by atoms with E-state index in [1.54, 1.807) is 11.9 Å². The topological polar surface area (TPSA) is 71.2 Å². The van der Waals surface area contributed by atoms with Crippen LogP contribution in [0.4, 0.5) is 10.9 Å². The van der Waals surface area contributed by atoms with Gasteiger partial charge in [0.2, 0.25) is 0 Å². The number of nitrogens with one attached hydrogen (secondary N) is 1. The van der Waals surface area contributed by atoms with E-state index in [9.17, 15) is 4.79 Å². The molecule has 2 atom stereocenters. The lowest BCUT2D eigenvalue weighted by Gasteiger charge is -2.15. The fraction of sp³-hybridized carbons (Fsp3) is 0.636. The lowest BCUT2D eigenvalue weighted by molar-refractivity contribution is 0.0792. The standard InChI is InChI=1S/C11H18N4OS/c1-6-4-7(6)5-15(3)10(16)8-9(12)14-11(13-2)17-8/h6-7H,4-5,12H2,1-3H3,(H,13,14). The average Bonchev–Trinajstić information content (AvgIpc) is 2.85. The van der Waals surface area contributed by atoms with Crippen molar-refractivity contribution in [1.82, 2.24) is 9.88 Å². The Morgan fingerprint density at radius 1 is 1.71 bits per heavy atom. The second-order valence-electron chi connectivity index (χ2n) is 4.64. The molecule has 0 bridgehead atoms. The minimum atomic E-state index is -0.0272. The van der Waals surface area contributed by atoms with Crippen LogP contribution in [0, 0.1) is 11.8 Å². The first kappa shape index (κ1) is 12.2. The predicted molar refractivity (Wildman–Crippen MR) is 70.3 cm³/mol. The van der Waals surface area contributed by atoms with Gasteiger partial charge in [0.25, 0.3) is 5.91 Å². The van der Waals surface area contributed by atoms with Crippen molar-refractivity contribution < 1.29 is 4.79 Å². The number of hydrogen-bond acceptors (Lipinski definition) is 5. The molecule has 0 saturated heterocycles. The van der Waals surface area contributed by atoms with Gasteiger partial charge in [-0.25, -0.2) is 4.98 Å². The van der Waals surface area contributed by atoms with Crippen molar-refractivity contribution in [3.05, 3.63) is 4.88 Å². The zero-order valence-corrected chi connectivity index (χ0v) is 11.2. The largest absolute Gasteiger partial charge is 0.382 e. The van der Waals surface area contributed by atoms with Crippen LogP contribution in [0.25, 0.3) is 0 Å². The molecule has 0 aliphatic heterocycles. The number of aromatic nitrogens is 1. The number of carbonyl (C=O) groups excluding carboxylic acids is 1. The molecule has 0 spiro atoms. The molecule has 3 N–H and O–H groups in total. The summed E-state index contributed by atoms with van der Waals surface area (Å²) in [5, 5.41) is 3.58. The number of anilines is 2. The van der Waals surface area contributed by atoms with Gasteiger partial charge in [-0.2, -0.15) is 0 Å². The molecule has 0 radical (unpaired) electrons. The highest BCUT2D eigenvalue weighted by atomic mass is 32.1. The summed E-state index contributed by atoms with van der Waals surface area (Å²) in [5.74, 6) is 1.69. The van der Waals surface area contributed by atoms with Gasteiger partial charge in [0.15, 0.2) is 5.13 Å². The van der Waals surface area contributed by atoms with E-state index in [1.807, 2.05) is 7.05 Å². The molecule has 1 aromatic heterocycles. The molecule has 2 unspecified atom stereocenters. The van der Waals surface area contributed by atoms with E-state index >= 15 is 0 Å². The van der Waals surface area contributed by atoms with Crippen LogP contribution in [0.15, 0.2) is 0 Å². The first-order valence-corrected chi connectivity index (χ1v) is 6.54. The maximum absolute atomic E-state index is 12.2. The molecular weight excluding hydrogens is 236 g/mol. The van der Waals surface area contributed by atoms with E-state index in [1.165, 1.54) is 17.8 Å². The van der Waals surface area contributed by atoms with Crippen molar-refractivity contribution in [2.45, 2.75) is 13.3 Å². The van der Waals surface area contributed by atoms with Crippen molar-refractivity contribution in [2.75, 3.05) is 31.7 Å². The smallest absolute Gasteiger partial charge is 0.267 e. The molecule has 17 heavy (non-hydrogen) atoms. The van der Waals surface area contributed by atoms with Gasteiger partial charge in [-0.3, -0.25) is 4.79 Å². The molecular formula is C11H18N4OS. The number of nitrogens with zero attached hydrogens (tertiary/aromatic N) is 2. The third-order valence-electron chi connectivity index (χ3n) is 3.19. The van der Waals surface area contributed by atoms with Crippen LogP contribution in [0.1, 0.15) is 23.0 Å². The minimum Gasteiger partial charge on any atom is -0.382 e. The summed E-state index contributed by atoms with van der Waals surface area (Å²) >= 11 is 1.31. The fourth-order valence-electron chi connectivity index (χ4n) is 1.85. The quantitative estimate of drug-likeness (QED) is 0.854. The molecule has 1 saturated carbocycles. The van der Waals surface area contributed by atoms with Crippen LogP contribution >= 0.6 is 11.3 Å². The van der Waals surface area contributed by atoms with Crippen LogP contribution in [0.5, 0.6) is 0 Å². The van der Waals surface area contributed by atoms with Gasteiger partial charge in [0, 0.05) is 20.6 Å². The first-order chi connectivity index (χ1) is 8.02. The predicted octanol–water partition coefficient (Wildman–Crippen LogP) is 1.50.